The quantitative estimate of drug-likeness (QED) is 0.870. The Morgan fingerprint density at radius 1 is 1.30 bits per heavy atom. The number of rotatable bonds is 5. The van der Waals surface area contributed by atoms with Crippen LogP contribution >= 0.6 is 12.4 Å². The number of carbonyl (C=O) groups is 1. The standard InChI is InChI=1S/C16H21N5O.ClH/c17-8-13-2-1-3-15(13)16(22)19-9-12-4-6-14(7-5-12)21-11-18-10-20-21;/h4-7,10-11,13,15H,1-3,8-9,17H2,(H,19,22);1H/t13-,15-;/m1./s1. The van der Waals surface area contributed by atoms with Crippen LogP contribution in [0.4, 0.5) is 0 Å². The molecule has 0 saturated heterocycles. The molecule has 0 unspecified atom stereocenters. The Hall–Kier alpha value is -1.92. The maximum absolute atomic E-state index is 12.3. The van der Waals surface area contributed by atoms with Crippen molar-refractivity contribution in [2.24, 2.45) is 17.6 Å². The van der Waals surface area contributed by atoms with Gasteiger partial charge in [-0.25, -0.2) is 9.67 Å². The highest BCUT2D eigenvalue weighted by atomic mass is 35.5. The third kappa shape index (κ3) is 4.09. The first-order valence-electron chi connectivity index (χ1n) is 7.69. The molecule has 1 amide bonds. The SMILES string of the molecule is Cl.NC[C@H]1CCC[C@H]1C(=O)NCc1ccc(-n2cncn2)cc1. The predicted molar refractivity (Wildman–Crippen MR) is 90.3 cm³/mol. The highest BCUT2D eigenvalue weighted by molar-refractivity contribution is 5.85. The fourth-order valence-electron chi connectivity index (χ4n) is 3.09. The van der Waals surface area contributed by atoms with Gasteiger partial charge < -0.3 is 11.1 Å². The summed E-state index contributed by atoms with van der Waals surface area (Å²) in [4.78, 5) is 16.2. The van der Waals surface area contributed by atoms with E-state index < -0.39 is 0 Å². The molecule has 1 aromatic heterocycles. The summed E-state index contributed by atoms with van der Waals surface area (Å²) in [6.07, 6.45) is 6.29. The Morgan fingerprint density at radius 3 is 2.74 bits per heavy atom. The number of nitrogens with two attached hydrogens (primary N) is 1. The number of nitrogens with one attached hydrogen (secondary N) is 1. The lowest BCUT2D eigenvalue weighted by Crippen LogP contribution is -2.34. The van der Waals surface area contributed by atoms with Crippen molar-refractivity contribution in [3.8, 4) is 5.69 Å². The lowest BCUT2D eigenvalue weighted by atomic mass is 9.95. The van der Waals surface area contributed by atoms with Crippen LogP contribution in [0.2, 0.25) is 0 Å². The molecule has 0 spiro atoms. The molecule has 1 aliphatic carbocycles. The highest BCUT2D eigenvalue weighted by Gasteiger charge is 2.31. The topological polar surface area (TPSA) is 85.8 Å². The molecular weight excluding hydrogens is 314 g/mol. The zero-order chi connectivity index (χ0) is 15.4. The average molecular weight is 336 g/mol. The summed E-state index contributed by atoms with van der Waals surface area (Å²) in [5, 5.41) is 7.11. The van der Waals surface area contributed by atoms with Crippen molar-refractivity contribution >= 4 is 18.3 Å². The summed E-state index contributed by atoms with van der Waals surface area (Å²) in [5.74, 6) is 0.558. The second-order valence-electron chi connectivity index (χ2n) is 5.76. The summed E-state index contributed by atoms with van der Waals surface area (Å²) in [6, 6.07) is 7.92. The van der Waals surface area contributed by atoms with E-state index in [2.05, 4.69) is 15.4 Å². The van der Waals surface area contributed by atoms with Crippen molar-refractivity contribution in [1.82, 2.24) is 20.1 Å². The van der Waals surface area contributed by atoms with E-state index in [1.807, 2.05) is 24.3 Å². The number of aromatic nitrogens is 3. The van der Waals surface area contributed by atoms with E-state index in [0.29, 0.717) is 19.0 Å². The number of carbonyl (C=O) groups excluding carboxylic acids is 1. The largest absolute Gasteiger partial charge is 0.352 e. The van der Waals surface area contributed by atoms with Gasteiger partial charge in [0.1, 0.15) is 12.7 Å². The Bertz CT molecular complexity index is 614. The molecule has 1 aromatic carbocycles. The van der Waals surface area contributed by atoms with Crippen LogP contribution in [0.15, 0.2) is 36.9 Å². The van der Waals surface area contributed by atoms with Crippen molar-refractivity contribution in [2.75, 3.05) is 6.54 Å². The summed E-state index contributed by atoms with van der Waals surface area (Å²) >= 11 is 0. The van der Waals surface area contributed by atoms with Gasteiger partial charge in [0.2, 0.25) is 5.91 Å². The van der Waals surface area contributed by atoms with Crippen LogP contribution in [0.1, 0.15) is 24.8 Å². The Kier molecular flexibility index (Phi) is 6.12. The van der Waals surface area contributed by atoms with Crippen molar-refractivity contribution in [3.05, 3.63) is 42.5 Å². The molecule has 0 aliphatic heterocycles. The normalized spacial score (nSPS) is 20.0. The van der Waals surface area contributed by atoms with Crippen LogP contribution in [0, 0.1) is 11.8 Å². The lowest BCUT2D eigenvalue weighted by Gasteiger charge is -2.17. The third-order valence-electron chi connectivity index (χ3n) is 4.38. The Balaban J connectivity index is 0.00000192. The number of hydrogen-bond donors (Lipinski definition) is 2. The maximum Gasteiger partial charge on any atom is 0.223 e. The van der Waals surface area contributed by atoms with Gasteiger partial charge in [-0.2, -0.15) is 5.10 Å². The van der Waals surface area contributed by atoms with E-state index >= 15 is 0 Å². The van der Waals surface area contributed by atoms with E-state index in [4.69, 9.17) is 5.73 Å². The van der Waals surface area contributed by atoms with Gasteiger partial charge in [0.25, 0.3) is 0 Å². The number of halogens is 1. The molecule has 124 valence electrons. The molecule has 1 saturated carbocycles. The first kappa shape index (κ1) is 17.4. The third-order valence-corrected chi connectivity index (χ3v) is 4.38. The molecule has 2 atom stereocenters. The molecule has 23 heavy (non-hydrogen) atoms. The summed E-state index contributed by atoms with van der Waals surface area (Å²) in [5.41, 5.74) is 7.76. The molecule has 1 fully saturated rings. The van der Waals surface area contributed by atoms with Gasteiger partial charge in [-0.15, -0.1) is 12.4 Å². The lowest BCUT2D eigenvalue weighted by molar-refractivity contribution is -0.126. The predicted octanol–water partition coefficient (Wildman–Crippen LogP) is 1.68. The van der Waals surface area contributed by atoms with E-state index in [0.717, 1.165) is 30.5 Å². The van der Waals surface area contributed by atoms with Gasteiger partial charge in [0, 0.05) is 12.5 Å². The first-order valence-corrected chi connectivity index (χ1v) is 7.69. The van der Waals surface area contributed by atoms with Gasteiger partial charge in [0.15, 0.2) is 0 Å². The number of benzene rings is 1. The van der Waals surface area contributed by atoms with Crippen LogP contribution in [0.3, 0.4) is 0 Å². The number of amides is 1. The molecule has 0 bridgehead atoms. The minimum Gasteiger partial charge on any atom is -0.352 e. The fourth-order valence-corrected chi connectivity index (χ4v) is 3.09. The smallest absolute Gasteiger partial charge is 0.223 e. The number of nitrogens with zero attached hydrogens (tertiary/aromatic N) is 3. The van der Waals surface area contributed by atoms with E-state index in [1.54, 1.807) is 11.0 Å². The van der Waals surface area contributed by atoms with E-state index in [9.17, 15) is 4.79 Å². The molecule has 1 heterocycles. The molecule has 2 aromatic rings. The van der Waals surface area contributed by atoms with Gasteiger partial charge >= 0.3 is 0 Å². The average Bonchev–Trinajstić information content (AvgIpc) is 3.24. The fraction of sp³-hybridized carbons (Fsp3) is 0.438. The van der Waals surface area contributed by atoms with Crippen molar-refractivity contribution < 1.29 is 4.79 Å². The molecular formula is C16H22ClN5O. The minimum atomic E-state index is 0. The molecule has 7 heteroatoms. The van der Waals surface area contributed by atoms with E-state index in [-0.39, 0.29) is 24.2 Å². The highest BCUT2D eigenvalue weighted by Crippen LogP contribution is 2.30. The molecule has 6 nitrogen and oxygen atoms in total. The first-order chi connectivity index (χ1) is 10.8. The van der Waals surface area contributed by atoms with Gasteiger partial charge in [0.05, 0.1) is 5.69 Å². The molecule has 1 aliphatic rings. The van der Waals surface area contributed by atoms with Crippen molar-refractivity contribution in [3.63, 3.8) is 0 Å². The zero-order valence-corrected chi connectivity index (χ0v) is 13.7. The van der Waals surface area contributed by atoms with Crippen LogP contribution in [-0.2, 0) is 11.3 Å². The molecule has 3 N–H and O–H groups in total. The second kappa shape index (κ2) is 8.08. The molecule has 3 rings (SSSR count). The summed E-state index contributed by atoms with van der Waals surface area (Å²) in [6.45, 7) is 1.15. The van der Waals surface area contributed by atoms with E-state index in [1.165, 1.54) is 6.33 Å². The number of hydrogen-bond acceptors (Lipinski definition) is 4. The molecule has 0 radical (unpaired) electrons. The van der Waals surface area contributed by atoms with Crippen LogP contribution < -0.4 is 11.1 Å². The van der Waals surface area contributed by atoms with Gasteiger partial charge in [-0.3, -0.25) is 4.79 Å². The summed E-state index contributed by atoms with van der Waals surface area (Å²) in [7, 11) is 0. The second-order valence-corrected chi connectivity index (χ2v) is 5.76. The minimum absolute atomic E-state index is 0. The summed E-state index contributed by atoms with van der Waals surface area (Å²) < 4.78 is 1.70. The monoisotopic (exact) mass is 335 g/mol. The zero-order valence-electron chi connectivity index (χ0n) is 12.9. The Morgan fingerprint density at radius 2 is 2.09 bits per heavy atom. The van der Waals surface area contributed by atoms with Crippen LogP contribution in [-0.4, -0.2) is 27.2 Å². The van der Waals surface area contributed by atoms with Gasteiger partial charge in [-0.05, 0) is 43.0 Å². The van der Waals surface area contributed by atoms with Gasteiger partial charge in [-0.1, -0.05) is 18.6 Å². The van der Waals surface area contributed by atoms with Crippen LogP contribution in [0.25, 0.3) is 5.69 Å². The Labute approximate surface area is 141 Å². The maximum atomic E-state index is 12.3. The van der Waals surface area contributed by atoms with Crippen molar-refractivity contribution in [2.45, 2.75) is 25.8 Å². The van der Waals surface area contributed by atoms with Crippen molar-refractivity contribution in [1.29, 1.82) is 0 Å². The van der Waals surface area contributed by atoms with Crippen LogP contribution in [0.5, 0.6) is 0 Å².